The van der Waals surface area contributed by atoms with Gasteiger partial charge in [-0.15, -0.1) is 10.2 Å². The first-order chi connectivity index (χ1) is 10.5. The summed E-state index contributed by atoms with van der Waals surface area (Å²) in [5.41, 5.74) is 1.11. The van der Waals surface area contributed by atoms with E-state index in [-0.39, 0.29) is 18.1 Å². The number of carbonyl (C=O) groups is 1. The van der Waals surface area contributed by atoms with Gasteiger partial charge in [0, 0.05) is 19.6 Å². The Morgan fingerprint density at radius 2 is 1.95 bits per heavy atom. The highest BCUT2D eigenvalue weighted by molar-refractivity contribution is 5.74. The summed E-state index contributed by atoms with van der Waals surface area (Å²) in [5, 5.41) is 10.9. The van der Waals surface area contributed by atoms with Gasteiger partial charge in [0.25, 0.3) is 0 Å². The van der Waals surface area contributed by atoms with E-state index in [0.29, 0.717) is 6.54 Å². The molecule has 1 heterocycles. The maximum Gasteiger partial charge on any atom is 0.318 e. The van der Waals surface area contributed by atoms with Gasteiger partial charge in [-0.2, -0.15) is 0 Å². The zero-order chi connectivity index (χ0) is 16.1. The van der Waals surface area contributed by atoms with Gasteiger partial charge < -0.3 is 14.8 Å². The van der Waals surface area contributed by atoms with Crippen molar-refractivity contribution < 1.29 is 4.79 Å². The van der Waals surface area contributed by atoms with Crippen molar-refractivity contribution in [2.75, 3.05) is 0 Å². The Morgan fingerprint density at radius 3 is 2.50 bits per heavy atom. The van der Waals surface area contributed by atoms with Crippen LogP contribution in [0, 0.1) is 0 Å². The average Bonchev–Trinajstić information content (AvgIpc) is 2.91. The monoisotopic (exact) mass is 301 g/mol. The van der Waals surface area contributed by atoms with E-state index in [1.165, 1.54) is 0 Å². The van der Waals surface area contributed by atoms with Crippen LogP contribution in [0.4, 0.5) is 4.79 Å². The minimum Gasteiger partial charge on any atom is -0.328 e. The molecule has 0 aliphatic heterocycles. The highest BCUT2D eigenvalue weighted by Gasteiger charge is 2.21. The molecule has 1 aromatic carbocycles. The maximum absolute atomic E-state index is 12.6. The Hall–Kier alpha value is -2.37. The minimum atomic E-state index is -0.197. The fraction of sp³-hybridized carbons (Fsp3) is 0.438. The summed E-state index contributed by atoms with van der Waals surface area (Å²) >= 11 is 0. The molecular formula is C16H23N5O. The van der Waals surface area contributed by atoms with Crippen molar-refractivity contribution in [3.05, 3.63) is 48.0 Å². The normalized spacial score (nSPS) is 12.2. The second-order valence-electron chi connectivity index (χ2n) is 5.68. The number of amides is 2. The Balaban J connectivity index is 2.05. The molecule has 2 amide bonds. The minimum absolute atomic E-state index is 0.102. The molecule has 2 rings (SSSR count). The summed E-state index contributed by atoms with van der Waals surface area (Å²) in [5.74, 6) is 0.733. The SMILES string of the molecule is CC(C)N(Cc1ccccc1)C(=O)N[C@@H](C)c1nncn1C. The van der Waals surface area contributed by atoms with E-state index < -0.39 is 0 Å². The topological polar surface area (TPSA) is 63.1 Å². The highest BCUT2D eigenvalue weighted by Crippen LogP contribution is 2.12. The van der Waals surface area contributed by atoms with Gasteiger partial charge in [0.1, 0.15) is 6.33 Å². The first-order valence-corrected chi connectivity index (χ1v) is 7.44. The Kier molecular flexibility index (Phi) is 5.14. The predicted octanol–water partition coefficient (Wildman–Crippen LogP) is 2.50. The molecule has 0 aliphatic carbocycles. The molecule has 0 unspecified atom stereocenters. The van der Waals surface area contributed by atoms with Crippen LogP contribution in [0.5, 0.6) is 0 Å². The lowest BCUT2D eigenvalue weighted by molar-refractivity contribution is 0.176. The van der Waals surface area contributed by atoms with Crippen LogP contribution in [0.15, 0.2) is 36.7 Å². The van der Waals surface area contributed by atoms with Crippen LogP contribution in [-0.2, 0) is 13.6 Å². The number of carbonyl (C=O) groups excluding carboxylic acids is 1. The summed E-state index contributed by atoms with van der Waals surface area (Å²) in [7, 11) is 1.86. The van der Waals surface area contributed by atoms with Crippen LogP contribution < -0.4 is 5.32 Å². The summed E-state index contributed by atoms with van der Waals surface area (Å²) < 4.78 is 1.81. The Bertz CT molecular complexity index is 608. The largest absolute Gasteiger partial charge is 0.328 e. The number of nitrogens with zero attached hydrogens (tertiary/aromatic N) is 4. The fourth-order valence-electron chi connectivity index (χ4n) is 2.29. The molecule has 1 aromatic heterocycles. The molecule has 2 aromatic rings. The number of nitrogens with one attached hydrogen (secondary N) is 1. The molecular weight excluding hydrogens is 278 g/mol. The molecule has 6 heteroatoms. The summed E-state index contributed by atoms with van der Waals surface area (Å²) in [6, 6.07) is 9.78. The molecule has 0 radical (unpaired) electrons. The third kappa shape index (κ3) is 3.84. The molecule has 1 N–H and O–H groups in total. The predicted molar refractivity (Wildman–Crippen MR) is 85.1 cm³/mol. The molecule has 0 spiro atoms. The number of rotatable bonds is 5. The van der Waals surface area contributed by atoms with Gasteiger partial charge in [-0.3, -0.25) is 0 Å². The molecule has 1 atom stereocenters. The summed E-state index contributed by atoms with van der Waals surface area (Å²) in [4.78, 5) is 14.4. The van der Waals surface area contributed by atoms with Crippen molar-refractivity contribution in [2.45, 2.75) is 39.4 Å². The number of hydrogen-bond donors (Lipinski definition) is 1. The second-order valence-corrected chi connectivity index (χ2v) is 5.68. The standard InChI is InChI=1S/C16H23N5O/c1-12(2)21(10-14-8-6-5-7-9-14)16(22)18-13(3)15-19-17-11-20(15)4/h5-9,11-13H,10H2,1-4H3,(H,18,22)/t13-/m0/s1. The molecule has 0 saturated heterocycles. The van der Waals surface area contributed by atoms with Crippen molar-refractivity contribution in [1.29, 1.82) is 0 Å². The van der Waals surface area contributed by atoms with Crippen LogP contribution in [0.25, 0.3) is 0 Å². The van der Waals surface area contributed by atoms with Gasteiger partial charge in [0.05, 0.1) is 6.04 Å². The van der Waals surface area contributed by atoms with Crippen molar-refractivity contribution in [1.82, 2.24) is 25.0 Å². The first-order valence-electron chi connectivity index (χ1n) is 7.44. The lowest BCUT2D eigenvalue weighted by Gasteiger charge is -2.28. The number of aryl methyl sites for hydroxylation is 1. The third-order valence-corrected chi connectivity index (χ3v) is 3.55. The number of urea groups is 1. The van der Waals surface area contributed by atoms with Crippen molar-refractivity contribution in [2.24, 2.45) is 7.05 Å². The van der Waals surface area contributed by atoms with E-state index >= 15 is 0 Å². The Morgan fingerprint density at radius 1 is 1.27 bits per heavy atom. The second kappa shape index (κ2) is 7.06. The van der Waals surface area contributed by atoms with Gasteiger partial charge in [0.2, 0.25) is 0 Å². The van der Waals surface area contributed by atoms with Crippen molar-refractivity contribution >= 4 is 6.03 Å². The molecule has 118 valence electrons. The van der Waals surface area contributed by atoms with E-state index in [9.17, 15) is 4.79 Å². The van der Waals surface area contributed by atoms with E-state index in [1.54, 1.807) is 6.33 Å². The van der Waals surface area contributed by atoms with Gasteiger partial charge in [-0.05, 0) is 26.3 Å². The zero-order valence-electron chi connectivity index (χ0n) is 13.5. The van der Waals surface area contributed by atoms with Crippen molar-refractivity contribution in [3.8, 4) is 0 Å². The number of benzene rings is 1. The molecule has 0 fully saturated rings. The molecule has 0 saturated carbocycles. The molecule has 0 bridgehead atoms. The van der Waals surface area contributed by atoms with Crippen LogP contribution in [0.3, 0.4) is 0 Å². The Labute approximate surface area is 131 Å². The maximum atomic E-state index is 12.6. The number of hydrogen-bond acceptors (Lipinski definition) is 3. The highest BCUT2D eigenvalue weighted by atomic mass is 16.2. The van der Waals surface area contributed by atoms with Gasteiger partial charge >= 0.3 is 6.03 Å². The lowest BCUT2D eigenvalue weighted by Crippen LogP contribution is -2.44. The molecule has 22 heavy (non-hydrogen) atoms. The van der Waals surface area contributed by atoms with E-state index in [1.807, 2.05) is 67.6 Å². The third-order valence-electron chi connectivity index (χ3n) is 3.55. The zero-order valence-corrected chi connectivity index (χ0v) is 13.5. The van der Waals surface area contributed by atoms with Crippen molar-refractivity contribution in [3.63, 3.8) is 0 Å². The summed E-state index contributed by atoms with van der Waals surface area (Å²) in [6.45, 7) is 6.50. The quantitative estimate of drug-likeness (QED) is 0.923. The molecule has 0 aliphatic rings. The average molecular weight is 301 g/mol. The van der Waals surface area contributed by atoms with Crippen LogP contribution in [-0.4, -0.2) is 31.7 Å². The van der Waals surface area contributed by atoms with Gasteiger partial charge in [-0.1, -0.05) is 30.3 Å². The molecule has 6 nitrogen and oxygen atoms in total. The van der Waals surface area contributed by atoms with Crippen LogP contribution in [0.1, 0.15) is 38.2 Å². The fourth-order valence-corrected chi connectivity index (χ4v) is 2.29. The van der Waals surface area contributed by atoms with Gasteiger partial charge in [-0.25, -0.2) is 4.79 Å². The van der Waals surface area contributed by atoms with E-state index in [4.69, 9.17) is 0 Å². The lowest BCUT2D eigenvalue weighted by atomic mass is 10.2. The van der Waals surface area contributed by atoms with Gasteiger partial charge in [0.15, 0.2) is 5.82 Å². The number of aromatic nitrogens is 3. The smallest absolute Gasteiger partial charge is 0.318 e. The first kappa shape index (κ1) is 16.0. The van der Waals surface area contributed by atoms with Crippen LogP contribution >= 0.6 is 0 Å². The van der Waals surface area contributed by atoms with E-state index in [2.05, 4.69) is 15.5 Å². The van der Waals surface area contributed by atoms with Crippen LogP contribution in [0.2, 0.25) is 0 Å². The summed E-state index contributed by atoms with van der Waals surface area (Å²) in [6.07, 6.45) is 1.63. The van der Waals surface area contributed by atoms with E-state index in [0.717, 1.165) is 11.4 Å².